The highest BCUT2D eigenvalue weighted by atomic mass is 32.2. The molecule has 0 atom stereocenters. The molecule has 0 spiro atoms. The van der Waals surface area contributed by atoms with Gasteiger partial charge in [0, 0.05) is 37.0 Å². The molecule has 0 aliphatic heterocycles. The summed E-state index contributed by atoms with van der Waals surface area (Å²) in [4.78, 5) is 16.5. The molecule has 1 aliphatic rings. The van der Waals surface area contributed by atoms with Crippen LogP contribution >= 0.6 is 11.8 Å². The summed E-state index contributed by atoms with van der Waals surface area (Å²) in [5, 5.41) is 8.32. The van der Waals surface area contributed by atoms with Crippen molar-refractivity contribution in [3.8, 4) is 0 Å². The van der Waals surface area contributed by atoms with E-state index in [0.29, 0.717) is 11.8 Å². The molecule has 1 N–H and O–H groups in total. The van der Waals surface area contributed by atoms with Crippen molar-refractivity contribution in [2.24, 2.45) is 7.05 Å². The zero-order valence-corrected chi connectivity index (χ0v) is 14.9. The number of amides is 1. The van der Waals surface area contributed by atoms with Gasteiger partial charge in [-0.3, -0.25) is 9.48 Å². The molecule has 0 bridgehead atoms. The van der Waals surface area contributed by atoms with Crippen molar-refractivity contribution in [3.05, 3.63) is 24.2 Å². The first-order chi connectivity index (χ1) is 10.8. The fraction of sp³-hybridized carbons (Fsp3) is 0.562. The number of rotatable bonds is 5. The number of aryl methyl sites for hydroxylation is 1. The Morgan fingerprint density at radius 1 is 1.43 bits per heavy atom. The van der Waals surface area contributed by atoms with E-state index in [1.165, 1.54) is 24.6 Å². The Morgan fingerprint density at radius 2 is 2.17 bits per heavy atom. The maximum absolute atomic E-state index is 12.2. The van der Waals surface area contributed by atoms with Crippen molar-refractivity contribution in [3.63, 3.8) is 0 Å². The first-order valence-corrected chi connectivity index (χ1v) is 8.83. The number of hydrogen-bond donors (Lipinski definition) is 1. The number of carbonyl (C=O) groups is 1. The van der Waals surface area contributed by atoms with Gasteiger partial charge in [0.15, 0.2) is 5.16 Å². The lowest BCUT2D eigenvalue weighted by molar-refractivity contribution is -0.113. The van der Waals surface area contributed by atoms with Gasteiger partial charge in [-0.1, -0.05) is 32.5 Å². The van der Waals surface area contributed by atoms with Crippen molar-refractivity contribution >= 4 is 23.5 Å². The summed E-state index contributed by atoms with van der Waals surface area (Å²) >= 11 is 1.48. The summed E-state index contributed by atoms with van der Waals surface area (Å²) in [5.41, 5.74) is 0.928. The molecule has 7 heteroatoms. The maximum Gasteiger partial charge on any atom is 0.235 e. The average Bonchev–Trinajstić information content (AvgIpc) is 3.08. The highest BCUT2D eigenvalue weighted by Crippen LogP contribution is 2.37. The molecule has 0 unspecified atom stereocenters. The van der Waals surface area contributed by atoms with Gasteiger partial charge < -0.3 is 9.88 Å². The van der Waals surface area contributed by atoms with Gasteiger partial charge in [0.2, 0.25) is 5.91 Å². The van der Waals surface area contributed by atoms with E-state index in [-0.39, 0.29) is 11.3 Å². The molecule has 23 heavy (non-hydrogen) atoms. The minimum absolute atomic E-state index is 0.0372. The number of anilines is 1. The molecule has 0 saturated heterocycles. The lowest BCUT2D eigenvalue weighted by Gasteiger charge is -2.13. The quantitative estimate of drug-likeness (QED) is 0.854. The van der Waals surface area contributed by atoms with Crippen LogP contribution in [0.1, 0.15) is 45.3 Å². The highest BCUT2D eigenvalue weighted by molar-refractivity contribution is 7.99. The molecule has 1 amide bonds. The predicted molar refractivity (Wildman–Crippen MR) is 91.8 cm³/mol. The topological polar surface area (TPSA) is 64.7 Å². The van der Waals surface area contributed by atoms with Crippen molar-refractivity contribution in [2.75, 3.05) is 11.1 Å². The van der Waals surface area contributed by atoms with Crippen LogP contribution in [-0.2, 0) is 17.3 Å². The molecule has 2 aromatic heterocycles. The Hall–Kier alpha value is -1.76. The number of thioether (sulfide) groups is 1. The third-order valence-electron chi connectivity index (χ3n) is 3.82. The van der Waals surface area contributed by atoms with E-state index < -0.39 is 0 Å². The highest BCUT2D eigenvalue weighted by Gasteiger charge is 2.26. The molecular weight excluding hydrogens is 310 g/mol. The standard InChI is InChI=1S/C16H23N5OS/c1-16(2,3)12-9-13(20(4)19-12)18-14(22)10-23-15-17-7-8-21(15)11-5-6-11/h7-9,11H,5-6,10H2,1-4H3,(H,18,22). The van der Waals surface area contributed by atoms with Crippen molar-refractivity contribution in [2.45, 2.75) is 50.2 Å². The first kappa shape index (κ1) is 16.1. The van der Waals surface area contributed by atoms with Gasteiger partial charge in [-0.05, 0) is 12.8 Å². The van der Waals surface area contributed by atoms with Crippen molar-refractivity contribution in [1.29, 1.82) is 0 Å². The van der Waals surface area contributed by atoms with E-state index in [1.807, 2.05) is 19.3 Å². The minimum atomic E-state index is -0.0381. The van der Waals surface area contributed by atoms with E-state index in [9.17, 15) is 4.79 Å². The summed E-state index contributed by atoms with van der Waals surface area (Å²) < 4.78 is 3.88. The molecule has 124 valence electrons. The van der Waals surface area contributed by atoms with Crippen LogP contribution in [0.4, 0.5) is 5.82 Å². The molecule has 6 nitrogen and oxygen atoms in total. The minimum Gasteiger partial charge on any atom is -0.323 e. The molecule has 0 radical (unpaired) electrons. The van der Waals surface area contributed by atoms with Gasteiger partial charge in [0.05, 0.1) is 11.4 Å². The van der Waals surface area contributed by atoms with Crippen molar-refractivity contribution in [1.82, 2.24) is 19.3 Å². The lowest BCUT2D eigenvalue weighted by atomic mass is 9.92. The molecule has 2 aromatic rings. The van der Waals surface area contributed by atoms with Crippen LogP contribution in [-0.4, -0.2) is 31.0 Å². The zero-order valence-electron chi connectivity index (χ0n) is 14.0. The SMILES string of the molecule is Cn1nc(C(C)(C)C)cc1NC(=O)CSc1nccn1C1CC1. The van der Waals surface area contributed by atoms with Gasteiger partial charge in [-0.25, -0.2) is 4.98 Å². The van der Waals surface area contributed by atoms with E-state index in [1.54, 1.807) is 10.9 Å². The largest absolute Gasteiger partial charge is 0.323 e. The number of imidazole rings is 1. The number of aromatic nitrogens is 4. The predicted octanol–water partition coefficient (Wildman–Crippen LogP) is 2.98. The number of nitrogens with zero attached hydrogens (tertiary/aromatic N) is 4. The maximum atomic E-state index is 12.2. The number of nitrogens with one attached hydrogen (secondary N) is 1. The molecule has 2 heterocycles. The molecular formula is C16H23N5OS. The first-order valence-electron chi connectivity index (χ1n) is 7.84. The van der Waals surface area contributed by atoms with Crippen LogP contribution in [0.3, 0.4) is 0 Å². The Bertz CT molecular complexity index is 708. The zero-order chi connectivity index (χ0) is 16.6. The van der Waals surface area contributed by atoms with Crippen LogP contribution in [0.15, 0.2) is 23.6 Å². The smallest absolute Gasteiger partial charge is 0.235 e. The van der Waals surface area contributed by atoms with E-state index in [2.05, 4.69) is 40.7 Å². The van der Waals surface area contributed by atoms with E-state index in [4.69, 9.17) is 0 Å². The molecule has 1 saturated carbocycles. The van der Waals surface area contributed by atoms with E-state index in [0.717, 1.165) is 16.7 Å². The lowest BCUT2D eigenvalue weighted by Crippen LogP contribution is -2.16. The van der Waals surface area contributed by atoms with Gasteiger partial charge in [0.25, 0.3) is 0 Å². The van der Waals surface area contributed by atoms with Crippen LogP contribution in [0.2, 0.25) is 0 Å². The van der Waals surface area contributed by atoms with Gasteiger partial charge in [0.1, 0.15) is 5.82 Å². The summed E-state index contributed by atoms with van der Waals surface area (Å²) in [6, 6.07) is 2.52. The number of hydrogen-bond acceptors (Lipinski definition) is 4. The van der Waals surface area contributed by atoms with Crippen LogP contribution in [0.5, 0.6) is 0 Å². The Labute approximate surface area is 140 Å². The average molecular weight is 333 g/mol. The van der Waals surface area contributed by atoms with Gasteiger partial charge in [-0.2, -0.15) is 5.10 Å². The van der Waals surface area contributed by atoms with Gasteiger partial charge >= 0.3 is 0 Å². The second-order valence-corrected chi connectivity index (χ2v) is 7.92. The molecule has 1 aliphatic carbocycles. The molecule has 3 rings (SSSR count). The number of carbonyl (C=O) groups excluding carboxylic acids is 1. The fourth-order valence-electron chi connectivity index (χ4n) is 2.30. The summed E-state index contributed by atoms with van der Waals surface area (Å²) in [6.07, 6.45) is 6.21. The van der Waals surface area contributed by atoms with E-state index >= 15 is 0 Å². The van der Waals surface area contributed by atoms with Crippen molar-refractivity contribution < 1.29 is 4.79 Å². The second kappa shape index (κ2) is 6.03. The molecule has 0 aromatic carbocycles. The van der Waals surface area contributed by atoms with Crippen LogP contribution < -0.4 is 5.32 Å². The second-order valence-electron chi connectivity index (χ2n) is 6.97. The fourth-order valence-corrected chi connectivity index (χ4v) is 3.13. The Kier molecular flexibility index (Phi) is 4.23. The molecule has 1 fully saturated rings. The monoisotopic (exact) mass is 333 g/mol. The normalized spacial score (nSPS) is 15.0. The summed E-state index contributed by atoms with van der Waals surface area (Å²) in [5.74, 6) is 1.04. The van der Waals surface area contributed by atoms with Gasteiger partial charge in [-0.15, -0.1) is 0 Å². The summed E-state index contributed by atoms with van der Waals surface area (Å²) in [6.45, 7) is 6.32. The third kappa shape index (κ3) is 3.77. The summed E-state index contributed by atoms with van der Waals surface area (Å²) in [7, 11) is 1.85. The van der Waals surface area contributed by atoms with Crippen LogP contribution in [0.25, 0.3) is 0 Å². The Morgan fingerprint density at radius 3 is 2.78 bits per heavy atom. The third-order valence-corrected chi connectivity index (χ3v) is 4.80. The Balaban J connectivity index is 1.59. The van der Waals surface area contributed by atoms with Crippen LogP contribution in [0, 0.1) is 0 Å².